The van der Waals surface area contributed by atoms with E-state index in [1.54, 1.807) is 0 Å². The van der Waals surface area contributed by atoms with Crippen molar-refractivity contribution in [3.05, 3.63) is 0 Å². The van der Waals surface area contributed by atoms with Crippen LogP contribution in [0.15, 0.2) is 0 Å². The second kappa shape index (κ2) is 7.79. The van der Waals surface area contributed by atoms with Crippen molar-refractivity contribution < 1.29 is 0 Å². The van der Waals surface area contributed by atoms with Gasteiger partial charge in [0.1, 0.15) is 0 Å². The molecule has 1 heterocycles. The minimum atomic E-state index is 0.414. The van der Waals surface area contributed by atoms with E-state index in [1.807, 2.05) is 13.8 Å². The molecule has 1 N–H and O–H groups in total. The van der Waals surface area contributed by atoms with Gasteiger partial charge >= 0.3 is 0 Å². The molecule has 110 valence electrons. The normalized spacial score (nSPS) is 33.7. The molecule has 1 fully saturated rings. The molecule has 0 bridgehead atoms. The maximum absolute atomic E-state index is 3.81. The van der Waals surface area contributed by atoms with E-state index in [4.69, 9.17) is 0 Å². The molecule has 0 spiro atoms. The van der Waals surface area contributed by atoms with E-state index >= 15 is 0 Å². The minimum absolute atomic E-state index is 0.414. The molecule has 1 saturated heterocycles. The number of rotatable bonds is 1. The summed E-state index contributed by atoms with van der Waals surface area (Å²) in [4.78, 5) is 0. The molecular formula is C16H35NS. The van der Waals surface area contributed by atoms with E-state index in [-0.39, 0.29) is 0 Å². The summed E-state index contributed by atoms with van der Waals surface area (Å²) in [6, 6.07) is 1.31. The molecule has 0 saturated carbocycles. The zero-order chi connectivity index (χ0) is 14.5. The van der Waals surface area contributed by atoms with Gasteiger partial charge in [0.2, 0.25) is 0 Å². The molecule has 2 unspecified atom stereocenters. The van der Waals surface area contributed by atoms with Gasteiger partial charge in [-0.05, 0) is 24.7 Å². The lowest BCUT2D eigenvalue weighted by molar-refractivity contribution is 0.300. The molecule has 0 amide bonds. The van der Waals surface area contributed by atoms with Crippen molar-refractivity contribution in [1.29, 1.82) is 0 Å². The second-order valence-corrected chi connectivity index (χ2v) is 8.32. The predicted molar refractivity (Wildman–Crippen MR) is 87.5 cm³/mol. The summed E-state index contributed by atoms with van der Waals surface area (Å²) in [5.41, 5.74) is 0.414. The van der Waals surface area contributed by atoms with E-state index in [9.17, 15) is 0 Å². The maximum Gasteiger partial charge on any atom is 0.0173 e. The Morgan fingerprint density at radius 1 is 1.11 bits per heavy atom. The van der Waals surface area contributed by atoms with Crippen molar-refractivity contribution in [2.75, 3.05) is 0 Å². The van der Waals surface area contributed by atoms with E-state index in [1.165, 1.54) is 6.42 Å². The quantitative estimate of drug-likeness (QED) is 0.725. The van der Waals surface area contributed by atoms with Gasteiger partial charge in [-0.25, -0.2) is 0 Å². The average molecular weight is 274 g/mol. The molecule has 1 nitrogen and oxygen atoms in total. The molecule has 18 heavy (non-hydrogen) atoms. The van der Waals surface area contributed by atoms with Gasteiger partial charge in [0.15, 0.2) is 0 Å². The van der Waals surface area contributed by atoms with Gasteiger partial charge in [0.25, 0.3) is 0 Å². The van der Waals surface area contributed by atoms with Crippen molar-refractivity contribution in [1.82, 2.24) is 5.32 Å². The third kappa shape index (κ3) is 5.52. The third-order valence-electron chi connectivity index (χ3n) is 3.80. The SMILES string of the molecule is CC.CC1N[C@@H](C(C)C)C[C@H](C(C)(C)C)SC1C. The Labute approximate surface area is 120 Å². The van der Waals surface area contributed by atoms with E-state index in [0.717, 1.165) is 11.2 Å². The first-order valence-electron chi connectivity index (χ1n) is 7.63. The lowest BCUT2D eigenvalue weighted by Crippen LogP contribution is -2.42. The van der Waals surface area contributed by atoms with Crippen LogP contribution in [-0.2, 0) is 0 Å². The van der Waals surface area contributed by atoms with Gasteiger partial charge in [-0.15, -0.1) is 0 Å². The molecule has 4 atom stereocenters. The van der Waals surface area contributed by atoms with Crippen molar-refractivity contribution in [2.24, 2.45) is 11.3 Å². The molecular weight excluding hydrogens is 238 g/mol. The standard InChI is InChI=1S/C14H29NS.C2H6/c1-9(2)12-8-13(14(5,6)7)16-11(4)10(3)15-12;1-2/h9-13,15H,8H2,1-7H3;1-2H3/t10?,11?,12-,13-;/m1./s1. The Morgan fingerprint density at radius 3 is 2.00 bits per heavy atom. The average Bonchev–Trinajstić information content (AvgIpc) is 2.41. The number of thioether (sulfide) groups is 1. The van der Waals surface area contributed by atoms with Crippen LogP contribution in [0.3, 0.4) is 0 Å². The van der Waals surface area contributed by atoms with E-state index in [2.05, 4.69) is 65.5 Å². The zero-order valence-corrected chi connectivity index (χ0v) is 14.8. The summed E-state index contributed by atoms with van der Waals surface area (Å²) in [5, 5.41) is 5.30. The molecule has 0 radical (unpaired) electrons. The number of nitrogens with one attached hydrogen (secondary N) is 1. The summed E-state index contributed by atoms with van der Waals surface area (Å²) < 4.78 is 0. The van der Waals surface area contributed by atoms with E-state index < -0.39 is 0 Å². The van der Waals surface area contributed by atoms with Crippen molar-refractivity contribution >= 4 is 11.8 Å². The van der Waals surface area contributed by atoms with Crippen molar-refractivity contribution in [3.63, 3.8) is 0 Å². The van der Waals surface area contributed by atoms with Crippen LogP contribution in [-0.4, -0.2) is 22.6 Å². The van der Waals surface area contributed by atoms with Gasteiger partial charge < -0.3 is 5.32 Å². The molecule has 2 heteroatoms. The van der Waals surface area contributed by atoms with Crippen LogP contribution >= 0.6 is 11.8 Å². The maximum atomic E-state index is 3.81. The lowest BCUT2D eigenvalue weighted by atomic mass is 9.85. The fraction of sp³-hybridized carbons (Fsp3) is 1.00. The third-order valence-corrected chi connectivity index (χ3v) is 5.86. The summed E-state index contributed by atoms with van der Waals surface area (Å²) in [7, 11) is 0. The van der Waals surface area contributed by atoms with Gasteiger partial charge in [0.05, 0.1) is 0 Å². The molecule has 1 aliphatic heterocycles. The topological polar surface area (TPSA) is 12.0 Å². The van der Waals surface area contributed by atoms with Crippen molar-refractivity contribution in [3.8, 4) is 0 Å². The summed E-state index contributed by atoms with van der Waals surface area (Å²) in [6.45, 7) is 20.5. The first kappa shape index (κ1) is 18.3. The van der Waals surface area contributed by atoms with Crippen LogP contribution in [0.5, 0.6) is 0 Å². The molecule has 0 aliphatic carbocycles. The van der Waals surface area contributed by atoms with Gasteiger partial charge in [-0.3, -0.25) is 0 Å². The summed E-state index contributed by atoms with van der Waals surface area (Å²) in [6.07, 6.45) is 1.31. The lowest BCUT2D eigenvalue weighted by Gasteiger charge is -2.32. The monoisotopic (exact) mass is 273 g/mol. The Hall–Kier alpha value is 0.310. The highest BCUT2D eigenvalue weighted by molar-refractivity contribution is 8.00. The highest BCUT2D eigenvalue weighted by Gasteiger charge is 2.35. The molecule has 0 aromatic carbocycles. The van der Waals surface area contributed by atoms with Crippen LogP contribution in [0.2, 0.25) is 0 Å². The Balaban J connectivity index is 0.00000137. The number of hydrogen-bond donors (Lipinski definition) is 1. The Kier molecular flexibility index (Phi) is 7.93. The summed E-state index contributed by atoms with van der Waals surface area (Å²) >= 11 is 2.18. The Morgan fingerprint density at radius 2 is 1.61 bits per heavy atom. The van der Waals surface area contributed by atoms with Gasteiger partial charge in [-0.1, -0.05) is 55.4 Å². The zero-order valence-electron chi connectivity index (χ0n) is 14.0. The number of hydrogen-bond acceptors (Lipinski definition) is 2. The first-order valence-corrected chi connectivity index (χ1v) is 8.57. The van der Waals surface area contributed by atoms with Crippen LogP contribution in [0.4, 0.5) is 0 Å². The molecule has 0 aromatic heterocycles. The van der Waals surface area contributed by atoms with Gasteiger partial charge in [-0.2, -0.15) is 11.8 Å². The fourth-order valence-corrected chi connectivity index (χ4v) is 3.79. The van der Waals surface area contributed by atoms with Gasteiger partial charge in [0, 0.05) is 22.6 Å². The highest BCUT2D eigenvalue weighted by atomic mass is 32.2. The first-order chi connectivity index (χ1) is 8.21. The molecule has 1 rings (SSSR count). The smallest absolute Gasteiger partial charge is 0.0173 e. The van der Waals surface area contributed by atoms with Crippen LogP contribution in [0.25, 0.3) is 0 Å². The molecule has 0 aromatic rings. The minimum Gasteiger partial charge on any atom is -0.310 e. The van der Waals surface area contributed by atoms with Crippen LogP contribution in [0.1, 0.15) is 68.7 Å². The molecule has 1 aliphatic rings. The van der Waals surface area contributed by atoms with Crippen LogP contribution < -0.4 is 5.32 Å². The Bertz CT molecular complexity index is 220. The second-order valence-electron chi connectivity index (χ2n) is 6.74. The fourth-order valence-electron chi connectivity index (χ4n) is 2.23. The van der Waals surface area contributed by atoms with E-state index in [0.29, 0.717) is 22.7 Å². The largest absolute Gasteiger partial charge is 0.310 e. The van der Waals surface area contributed by atoms with Crippen molar-refractivity contribution in [2.45, 2.75) is 91.3 Å². The van der Waals surface area contributed by atoms with Crippen LogP contribution in [0, 0.1) is 11.3 Å². The predicted octanol–water partition coefficient (Wildman–Crippen LogP) is 4.96. The highest BCUT2D eigenvalue weighted by Crippen LogP contribution is 2.39. The summed E-state index contributed by atoms with van der Waals surface area (Å²) in [5.74, 6) is 0.734.